The van der Waals surface area contributed by atoms with E-state index in [0.717, 1.165) is 42.0 Å². The molecule has 0 saturated heterocycles. The normalized spacial score (nSPS) is 11.7. The van der Waals surface area contributed by atoms with Crippen LogP contribution in [0.4, 0.5) is 17.1 Å². The van der Waals surface area contributed by atoms with Gasteiger partial charge in [0.25, 0.3) is 5.56 Å². The zero-order valence-corrected chi connectivity index (χ0v) is 22.9. The Kier molecular flexibility index (Phi) is 10.1. The summed E-state index contributed by atoms with van der Waals surface area (Å²) >= 11 is 0. The number of carbonyl (C=O) groups excluding carboxylic acids is 1. The quantitative estimate of drug-likeness (QED) is 0.108. The molecular formula is C31H37N5O4. The molecule has 9 heteroatoms. The Balaban J connectivity index is 1.23. The van der Waals surface area contributed by atoms with Gasteiger partial charge in [0, 0.05) is 29.7 Å². The minimum atomic E-state index is -0.712. The molecule has 0 saturated carbocycles. The number of aliphatic hydroxyl groups excluding tert-OH is 1. The maximum absolute atomic E-state index is 11.5. The van der Waals surface area contributed by atoms with Crippen LogP contribution in [0.1, 0.15) is 42.7 Å². The topological polar surface area (TPSA) is 120 Å². The average molecular weight is 544 g/mol. The number of hydrogen-bond donors (Lipinski definition) is 5. The number of unbranched alkanes of at least 4 members (excludes halogenated alkanes) is 1. The van der Waals surface area contributed by atoms with Gasteiger partial charge in [0.1, 0.15) is 5.75 Å². The Morgan fingerprint density at radius 3 is 2.40 bits per heavy atom. The Morgan fingerprint density at radius 2 is 1.75 bits per heavy atom. The predicted molar refractivity (Wildman–Crippen MR) is 159 cm³/mol. The van der Waals surface area contributed by atoms with Crippen molar-refractivity contribution in [3.63, 3.8) is 0 Å². The monoisotopic (exact) mass is 543 g/mol. The third-order valence-electron chi connectivity index (χ3n) is 6.57. The average Bonchev–Trinajstić information content (AvgIpc) is 3.30. The molecule has 1 heterocycles. The lowest BCUT2D eigenvalue weighted by molar-refractivity contribution is -0.105. The fourth-order valence-corrected chi connectivity index (χ4v) is 4.34. The Labute approximate surface area is 234 Å². The van der Waals surface area contributed by atoms with Gasteiger partial charge < -0.3 is 25.8 Å². The van der Waals surface area contributed by atoms with Crippen LogP contribution in [0.15, 0.2) is 77.6 Å². The molecule has 0 unspecified atom stereocenters. The zero-order valence-electron chi connectivity index (χ0n) is 22.9. The maximum atomic E-state index is 11.5. The van der Waals surface area contributed by atoms with E-state index in [-0.39, 0.29) is 5.56 Å². The Morgan fingerprint density at radius 1 is 1.02 bits per heavy atom. The van der Waals surface area contributed by atoms with Crippen molar-refractivity contribution in [1.29, 1.82) is 0 Å². The summed E-state index contributed by atoms with van der Waals surface area (Å²) < 4.78 is 7.51. The zero-order chi connectivity index (χ0) is 28.3. The first-order valence-electron chi connectivity index (χ1n) is 13.6. The van der Waals surface area contributed by atoms with Crippen molar-refractivity contribution in [2.24, 2.45) is 0 Å². The van der Waals surface area contributed by atoms with Crippen molar-refractivity contribution in [1.82, 2.24) is 15.1 Å². The summed E-state index contributed by atoms with van der Waals surface area (Å²) in [6.07, 6.45) is 2.68. The fraction of sp³-hybridized carbons (Fsp3) is 0.290. The molecule has 1 aromatic heterocycles. The van der Waals surface area contributed by atoms with Crippen molar-refractivity contribution in [2.75, 3.05) is 30.3 Å². The lowest BCUT2D eigenvalue weighted by atomic mass is 10.1. The van der Waals surface area contributed by atoms with Gasteiger partial charge in [0.2, 0.25) is 6.41 Å². The van der Waals surface area contributed by atoms with E-state index in [9.17, 15) is 14.7 Å². The summed E-state index contributed by atoms with van der Waals surface area (Å²) in [5.41, 5.74) is 6.00. The van der Waals surface area contributed by atoms with Crippen LogP contribution in [-0.2, 0) is 11.2 Å². The molecule has 9 nitrogen and oxygen atoms in total. The number of nitrogens with one attached hydrogen (secondary N) is 4. The van der Waals surface area contributed by atoms with Crippen LogP contribution in [0.5, 0.6) is 5.75 Å². The minimum Gasteiger partial charge on any atom is -0.491 e. The van der Waals surface area contributed by atoms with Gasteiger partial charge in [-0.25, -0.2) is 0 Å². The number of aliphatic hydroxyl groups is 1. The second-order valence-corrected chi connectivity index (χ2v) is 9.66. The van der Waals surface area contributed by atoms with Crippen molar-refractivity contribution < 1.29 is 14.6 Å². The van der Waals surface area contributed by atoms with Crippen molar-refractivity contribution >= 4 is 23.5 Å². The number of anilines is 3. The maximum Gasteiger partial charge on any atom is 0.264 e. The van der Waals surface area contributed by atoms with Gasteiger partial charge in [-0.3, -0.25) is 19.4 Å². The number of hydrogen-bond acceptors (Lipinski definition) is 6. The number of benzene rings is 3. The minimum absolute atomic E-state index is 0.119. The van der Waals surface area contributed by atoms with Crippen molar-refractivity contribution in [3.05, 3.63) is 100.0 Å². The van der Waals surface area contributed by atoms with E-state index in [4.69, 9.17) is 4.74 Å². The molecule has 1 amide bonds. The summed E-state index contributed by atoms with van der Waals surface area (Å²) in [5, 5.41) is 22.8. The molecule has 5 N–H and O–H groups in total. The summed E-state index contributed by atoms with van der Waals surface area (Å²) in [6, 6.07) is 23.0. The number of amides is 1. The number of H-pyrrole nitrogens is 1. The van der Waals surface area contributed by atoms with Gasteiger partial charge in [-0.1, -0.05) is 31.5 Å². The molecule has 40 heavy (non-hydrogen) atoms. The number of rotatable bonds is 15. The summed E-state index contributed by atoms with van der Waals surface area (Å²) in [4.78, 5) is 22.6. The van der Waals surface area contributed by atoms with Crippen LogP contribution in [-0.4, -0.2) is 41.0 Å². The van der Waals surface area contributed by atoms with E-state index in [1.165, 1.54) is 5.56 Å². The highest BCUT2D eigenvalue weighted by Crippen LogP contribution is 2.28. The summed E-state index contributed by atoms with van der Waals surface area (Å²) in [6.45, 7) is 5.66. The largest absolute Gasteiger partial charge is 0.491 e. The van der Waals surface area contributed by atoms with Gasteiger partial charge in [-0.2, -0.15) is 0 Å². The molecule has 4 rings (SSSR count). The number of carbonyl (C=O) groups is 1. The van der Waals surface area contributed by atoms with E-state index in [2.05, 4.69) is 40.1 Å². The summed E-state index contributed by atoms with van der Waals surface area (Å²) in [5.74, 6) is 0.601. The first kappa shape index (κ1) is 28.7. The molecule has 0 spiro atoms. The standard InChI is InChI=1S/C31H37N5O4/c1-3-4-17-40-30-14-7-24(19-28(30)33-21-37)29(38)20-32-16-15-23-5-8-25(9-6-23)34-26-10-12-27(13-11-26)36-22(2)18-31(39)35-36/h5-14,18-19,21,29,32,34,38H,3-4,15-17,20H2,1-2H3,(H,33,37)(H,35,39)/t29-/m0/s1. The van der Waals surface area contributed by atoms with E-state index in [1.54, 1.807) is 22.9 Å². The first-order valence-corrected chi connectivity index (χ1v) is 13.6. The summed E-state index contributed by atoms with van der Waals surface area (Å²) in [7, 11) is 0. The van der Waals surface area contributed by atoms with Crippen LogP contribution < -0.4 is 26.2 Å². The van der Waals surface area contributed by atoms with Crippen LogP contribution in [0.2, 0.25) is 0 Å². The van der Waals surface area contributed by atoms with Crippen LogP contribution in [0, 0.1) is 6.92 Å². The lowest BCUT2D eigenvalue weighted by Crippen LogP contribution is -2.23. The van der Waals surface area contributed by atoms with E-state index >= 15 is 0 Å². The third kappa shape index (κ3) is 7.84. The van der Waals surface area contributed by atoms with Gasteiger partial charge in [0.15, 0.2) is 0 Å². The van der Waals surface area contributed by atoms with E-state index in [0.29, 0.717) is 43.1 Å². The Bertz CT molecular complexity index is 1430. The molecule has 0 aliphatic carbocycles. The van der Waals surface area contributed by atoms with Gasteiger partial charge in [0.05, 0.1) is 24.1 Å². The molecule has 0 radical (unpaired) electrons. The molecule has 1 atom stereocenters. The number of aromatic amines is 1. The Hall–Kier alpha value is -4.34. The van der Waals surface area contributed by atoms with Crippen molar-refractivity contribution in [3.8, 4) is 11.4 Å². The molecule has 3 aromatic carbocycles. The third-order valence-corrected chi connectivity index (χ3v) is 6.57. The second kappa shape index (κ2) is 14.2. The highest BCUT2D eigenvalue weighted by Gasteiger charge is 2.12. The number of aromatic nitrogens is 2. The molecule has 4 aromatic rings. The molecule has 0 aliphatic rings. The van der Waals surface area contributed by atoms with E-state index in [1.807, 2.05) is 49.4 Å². The van der Waals surface area contributed by atoms with Gasteiger partial charge in [-0.15, -0.1) is 0 Å². The van der Waals surface area contributed by atoms with E-state index < -0.39 is 6.10 Å². The first-order chi connectivity index (χ1) is 19.5. The SMILES string of the molecule is CCCCOc1ccc([C@@H](O)CNCCc2ccc(Nc3ccc(-n4[nH]c(=O)cc4C)cc3)cc2)cc1NC=O. The highest BCUT2D eigenvalue weighted by molar-refractivity contribution is 5.76. The lowest BCUT2D eigenvalue weighted by Gasteiger charge is -2.16. The predicted octanol–water partition coefficient (Wildman–Crippen LogP) is 4.83. The molecule has 0 fully saturated rings. The second-order valence-electron chi connectivity index (χ2n) is 9.66. The van der Waals surface area contributed by atoms with Crippen molar-refractivity contribution in [2.45, 2.75) is 39.2 Å². The highest BCUT2D eigenvalue weighted by atomic mass is 16.5. The molecule has 0 bridgehead atoms. The molecule has 210 valence electrons. The van der Waals surface area contributed by atoms with Gasteiger partial charge >= 0.3 is 0 Å². The van der Waals surface area contributed by atoms with Crippen LogP contribution in [0.25, 0.3) is 5.69 Å². The fourth-order valence-electron chi connectivity index (χ4n) is 4.34. The van der Waals surface area contributed by atoms with Gasteiger partial charge in [-0.05, 0) is 86.0 Å². The number of ether oxygens (including phenoxy) is 1. The number of nitrogens with zero attached hydrogens (tertiary/aromatic N) is 1. The van der Waals surface area contributed by atoms with Crippen LogP contribution in [0.3, 0.4) is 0 Å². The van der Waals surface area contributed by atoms with Crippen LogP contribution >= 0.6 is 0 Å². The smallest absolute Gasteiger partial charge is 0.264 e. The molecular weight excluding hydrogens is 506 g/mol. The molecule has 0 aliphatic heterocycles. The number of aryl methyl sites for hydroxylation is 1.